The van der Waals surface area contributed by atoms with Crippen LogP contribution in [0.5, 0.6) is 0 Å². The van der Waals surface area contributed by atoms with Gasteiger partial charge >= 0.3 is 0 Å². The Morgan fingerprint density at radius 1 is 1.48 bits per heavy atom. The molecule has 1 aromatic heterocycles. The lowest BCUT2D eigenvalue weighted by molar-refractivity contribution is -0.124. The number of thiazole rings is 1. The average Bonchev–Trinajstić information content (AvgIpc) is 3.05. The number of benzene rings is 1. The van der Waals surface area contributed by atoms with E-state index in [1.54, 1.807) is 6.07 Å². The lowest BCUT2D eigenvalue weighted by atomic mass is 10.2. The normalized spacial score (nSPS) is 19.0. The van der Waals surface area contributed by atoms with Crippen molar-refractivity contribution < 1.29 is 17.9 Å². The van der Waals surface area contributed by atoms with E-state index in [-0.39, 0.29) is 10.8 Å². The third-order valence-corrected chi connectivity index (χ3v) is 4.99. The molecule has 1 aromatic carbocycles. The van der Waals surface area contributed by atoms with Crippen LogP contribution in [0, 0.1) is 0 Å². The predicted octanol–water partition coefficient (Wildman–Crippen LogP) is 1.06. The number of nitrogens with one attached hydrogen (secondary N) is 1. The fourth-order valence-corrected chi connectivity index (χ4v) is 3.63. The zero-order chi connectivity index (χ0) is 15.0. The molecule has 1 amide bonds. The van der Waals surface area contributed by atoms with Crippen LogP contribution < -0.4 is 10.5 Å². The van der Waals surface area contributed by atoms with E-state index in [0.717, 1.165) is 6.42 Å². The number of hydrogen-bond donors (Lipinski definition) is 2. The van der Waals surface area contributed by atoms with E-state index in [0.29, 0.717) is 28.4 Å². The Morgan fingerprint density at radius 3 is 2.95 bits per heavy atom. The van der Waals surface area contributed by atoms with Gasteiger partial charge < -0.3 is 4.74 Å². The van der Waals surface area contributed by atoms with Crippen LogP contribution in [0.15, 0.2) is 23.1 Å². The molecule has 2 heterocycles. The predicted molar refractivity (Wildman–Crippen MR) is 78.6 cm³/mol. The summed E-state index contributed by atoms with van der Waals surface area (Å²) >= 11 is 1.20. The van der Waals surface area contributed by atoms with Crippen LogP contribution in [0.2, 0.25) is 0 Å². The van der Waals surface area contributed by atoms with Gasteiger partial charge in [0.05, 0.1) is 15.1 Å². The topological polar surface area (TPSA) is 111 Å². The molecule has 0 unspecified atom stereocenters. The van der Waals surface area contributed by atoms with Gasteiger partial charge in [0, 0.05) is 6.61 Å². The summed E-state index contributed by atoms with van der Waals surface area (Å²) in [6.45, 7) is 0.593. The summed E-state index contributed by atoms with van der Waals surface area (Å²) in [4.78, 5) is 16.2. The van der Waals surface area contributed by atoms with Crippen LogP contribution in [0.4, 0.5) is 5.13 Å². The van der Waals surface area contributed by atoms with Crippen LogP contribution in [-0.2, 0) is 19.6 Å². The highest BCUT2D eigenvalue weighted by Gasteiger charge is 2.24. The molecule has 0 spiro atoms. The van der Waals surface area contributed by atoms with Crippen molar-refractivity contribution in [3.8, 4) is 0 Å². The maximum absolute atomic E-state index is 11.9. The highest BCUT2D eigenvalue weighted by Crippen LogP contribution is 2.28. The highest BCUT2D eigenvalue weighted by atomic mass is 32.2. The molecule has 0 aliphatic carbocycles. The summed E-state index contributed by atoms with van der Waals surface area (Å²) in [5.74, 6) is -0.224. The molecule has 0 saturated carbocycles. The van der Waals surface area contributed by atoms with E-state index < -0.39 is 16.1 Å². The first kappa shape index (κ1) is 14.4. The zero-order valence-corrected chi connectivity index (χ0v) is 12.5. The van der Waals surface area contributed by atoms with E-state index in [9.17, 15) is 13.2 Å². The number of ether oxygens (including phenoxy) is 1. The Kier molecular flexibility index (Phi) is 3.66. The molecule has 112 valence electrons. The Morgan fingerprint density at radius 2 is 2.29 bits per heavy atom. The van der Waals surface area contributed by atoms with Gasteiger partial charge in [0.1, 0.15) is 6.10 Å². The maximum atomic E-state index is 11.9. The van der Waals surface area contributed by atoms with Crippen LogP contribution in [0.3, 0.4) is 0 Å². The van der Waals surface area contributed by atoms with Crippen molar-refractivity contribution in [3.05, 3.63) is 18.2 Å². The molecule has 1 atom stereocenters. The van der Waals surface area contributed by atoms with Gasteiger partial charge in [-0.05, 0) is 31.0 Å². The fraction of sp³-hybridized carbons (Fsp3) is 0.333. The second-order valence-electron chi connectivity index (χ2n) is 4.68. The first-order chi connectivity index (χ1) is 9.93. The molecular formula is C12H13N3O4S2. The van der Waals surface area contributed by atoms with Gasteiger partial charge in [0.25, 0.3) is 5.91 Å². The molecule has 1 aliphatic heterocycles. The van der Waals surface area contributed by atoms with E-state index in [1.807, 2.05) is 0 Å². The van der Waals surface area contributed by atoms with Gasteiger partial charge in [-0.1, -0.05) is 11.3 Å². The number of anilines is 1. The van der Waals surface area contributed by atoms with Crippen molar-refractivity contribution in [2.45, 2.75) is 23.8 Å². The summed E-state index contributed by atoms with van der Waals surface area (Å²) in [5.41, 5.74) is 0.607. The van der Waals surface area contributed by atoms with Crippen LogP contribution >= 0.6 is 11.3 Å². The summed E-state index contributed by atoms with van der Waals surface area (Å²) in [7, 11) is -3.75. The SMILES string of the molecule is NS(=O)(=O)c1ccc2nc(NC(=O)[C@H]3CCCO3)sc2c1. The van der Waals surface area contributed by atoms with Gasteiger partial charge in [-0.2, -0.15) is 0 Å². The van der Waals surface area contributed by atoms with Crippen molar-refractivity contribution in [1.82, 2.24) is 4.98 Å². The number of amides is 1. The first-order valence-corrected chi connectivity index (χ1v) is 8.65. The molecule has 0 bridgehead atoms. The molecule has 1 fully saturated rings. The molecule has 2 aromatic rings. The quantitative estimate of drug-likeness (QED) is 0.875. The number of nitrogens with two attached hydrogens (primary N) is 1. The van der Waals surface area contributed by atoms with E-state index in [4.69, 9.17) is 9.88 Å². The van der Waals surface area contributed by atoms with Crippen molar-refractivity contribution in [1.29, 1.82) is 0 Å². The minimum atomic E-state index is -3.75. The van der Waals surface area contributed by atoms with Crippen LogP contribution in [0.25, 0.3) is 10.2 Å². The zero-order valence-electron chi connectivity index (χ0n) is 10.9. The Hall–Kier alpha value is -1.55. The number of primary sulfonamides is 1. The Labute approximate surface area is 125 Å². The molecular weight excluding hydrogens is 314 g/mol. The molecule has 7 nitrogen and oxygen atoms in total. The molecule has 1 saturated heterocycles. The summed E-state index contributed by atoms with van der Waals surface area (Å²) in [5, 5.41) is 8.20. The van der Waals surface area contributed by atoms with Crippen molar-refractivity contribution in [2.24, 2.45) is 5.14 Å². The van der Waals surface area contributed by atoms with Gasteiger partial charge in [-0.15, -0.1) is 0 Å². The molecule has 1 aliphatic rings. The standard InChI is InChI=1S/C12H13N3O4S2/c13-21(17,18)7-3-4-8-10(6-7)20-12(14-8)15-11(16)9-2-1-5-19-9/h3-4,6,9H,1-2,5H2,(H2,13,17,18)(H,14,15,16)/t9-/m1/s1. The molecule has 3 N–H and O–H groups in total. The maximum Gasteiger partial charge on any atom is 0.255 e. The highest BCUT2D eigenvalue weighted by molar-refractivity contribution is 7.89. The minimum absolute atomic E-state index is 0.0238. The summed E-state index contributed by atoms with van der Waals surface area (Å²) in [6.07, 6.45) is 1.14. The number of carbonyl (C=O) groups is 1. The number of aromatic nitrogens is 1. The number of hydrogen-bond acceptors (Lipinski definition) is 6. The van der Waals surface area contributed by atoms with Crippen molar-refractivity contribution in [2.75, 3.05) is 11.9 Å². The number of nitrogens with zero attached hydrogens (tertiary/aromatic N) is 1. The number of fused-ring (bicyclic) bond motifs is 1. The Bertz CT molecular complexity index is 794. The lowest BCUT2D eigenvalue weighted by Gasteiger charge is -2.07. The van der Waals surface area contributed by atoms with Crippen LogP contribution in [-0.4, -0.2) is 32.0 Å². The molecule has 3 rings (SSSR count). The van der Waals surface area contributed by atoms with Crippen molar-refractivity contribution >= 4 is 42.6 Å². The van der Waals surface area contributed by atoms with Gasteiger partial charge in [0.2, 0.25) is 10.0 Å². The molecule has 21 heavy (non-hydrogen) atoms. The third-order valence-electron chi connectivity index (χ3n) is 3.14. The van der Waals surface area contributed by atoms with E-state index in [1.165, 1.54) is 23.5 Å². The fourth-order valence-electron chi connectivity index (χ4n) is 2.11. The Balaban J connectivity index is 1.85. The smallest absolute Gasteiger partial charge is 0.255 e. The second-order valence-corrected chi connectivity index (χ2v) is 7.28. The minimum Gasteiger partial charge on any atom is -0.368 e. The second kappa shape index (κ2) is 5.34. The van der Waals surface area contributed by atoms with Gasteiger partial charge in [0.15, 0.2) is 5.13 Å². The lowest BCUT2D eigenvalue weighted by Crippen LogP contribution is -2.26. The molecule has 9 heteroatoms. The van der Waals surface area contributed by atoms with E-state index >= 15 is 0 Å². The number of rotatable bonds is 3. The van der Waals surface area contributed by atoms with Crippen molar-refractivity contribution in [3.63, 3.8) is 0 Å². The van der Waals surface area contributed by atoms with E-state index in [2.05, 4.69) is 10.3 Å². The summed E-state index contributed by atoms with van der Waals surface area (Å²) < 4.78 is 28.6. The third kappa shape index (κ3) is 3.05. The first-order valence-electron chi connectivity index (χ1n) is 6.29. The number of sulfonamides is 1. The summed E-state index contributed by atoms with van der Waals surface area (Å²) in [6, 6.07) is 4.40. The van der Waals surface area contributed by atoms with Crippen LogP contribution in [0.1, 0.15) is 12.8 Å². The van der Waals surface area contributed by atoms with Gasteiger partial charge in [-0.25, -0.2) is 18.5 Å². The largest absolute Gasteiger partial charge is 0.368 e. The average molecular weight is 327 g/mol. The molecule has 0 radical (unpaired) electrons. The number of carbonyl (C=O) groups excluding carboxylic acids is 1. The monoisotopic (exact) mass is 327 g/mol. The van der Waals surface area contributed by atoms with Gasteiger partial charge in [-0.3, -0.25) is 10.1 Å².